The van der Waals surface area contributed by atoms with Crippen molar-refractivity contribution < 1.29 is 14.2 Å². The van der Waals surface area contributed by atoms with Crippen LogP contribution in [0.5, 0.6) is 0 Å². The third-order valence-corrected chi connectivity index (χ3v) is 1.52. The maximum absolute atomic E-state index is 11.7. The van der Waals surface area contributed by atoms with Gasteiger partial charge in [0.2, 0.25) is 6.36 Å². The van der Waals surface area contributed by atoms with Crippen LogP contribution < -0.4 is 0 Å². The molecule has 9 heavy (non-hydrogen) atoms. The first kappa shape index (κ1) is 6.96. The fourth-order valence-electron chi connectivity index (χ4n) is 0.753. The van der Waals surface area contributed by atoms with Crippen LogP contribution in [0.25, 0.3) is 0 Å². The summed E-state index contributed by atoms with van der Waals surface area (Å²) in [5, 5.41) is 8.13. The number of hydrogen-bond donors (Lipinski definition) is 1. The molecule has 0 bridgehead atoms. The molecule has 1 saturated carbocycles. The van der Waals surface area contributed by atoms with Crippen molar-refractivity contribution in [3.05, 3.63) is 0 Å². The average Bonchev–Trinajstić information content (AvgIpc) is 1.60. The lowest BCUT2D eigenvalue weighted by molar-refractivity contribution is -0.0848. The second-order valence-corrected chi connectivity index (χ2v) is 2.32. The van der Waals surface area contributed by atoms with Crippen molar-refractivity contribution in [3.63, 3.8) is 0 Å². The maximum atomic E-state index is 11.7. The molecule has 0 amide bonds. The molecule has 0 saturated heterocycles. The van der Waals surface area contributed by atoms with Gasteiger partial charge in [0.05, 0.1) is 6.10 Å². The van der Waals surface area contributed by atoms with Gasteiger partial charge in [-0.3, -0.25) is 0 Å². The van der Waals surface area contributed by atoms with E-state index in [-0.39, 0.29) is 12.7 Å². The minimum absolute atomic E-state index is 0.162. The topological polar surface area (TPSA) is 29.5 Å². The van der Waals surface area contributed by atoms with Gasteiger partial charge in [0.1, 0.15) is 6.61 Å². The number of alkyl halides is 1. The monoisotopic (exact) mass is 134 g/mol. The van der Waals surface area contributed by atoms with Gasteiger partial charge in [0.15, 0.2) is 0 Å². The Morgan fingerprint density at radius 2 is 2.33 bits per heavy atom. The highest BCUT2D eigenvalue weighted by Gasteiger charge is 2.18. The number of hydrogen-bond acceptors (Lipinski definition) is 2. The second-order valence-electron chi connectivity index (χ2n) is 2.32. The molecule has 0 aromatic carbocycles. The number of aliphatic hydroxyl groups is 1. The molecule has 3 heteroatoms. The van der Waals surface area contributed by atoms with Crippen molar-refractivity contribution in [3.8, 4) is 0 Å². The molecular weight excluding hydrogens is 123 g/mol. The lowest BCUT2D eigenvalue weighted by Gasteiger charge is -2.25. The fraction of sp³-hybridized carbons (Fsp3) is 1.00. The van der Waals surface area contributed by atoms with E-state index >= 15 is 0 Å². The van der Waals surface area contributed by atoms with E-state index in [0.29, 0.717) is 0 Å². The summed E-state index contributed by atoms with van der Waals surface area (Å²) in [4.78, 5) is 0. The van der Waals surface area contributed by atoms with Crippen LogP contribution in [-0.4, -0.2) is 24.2 Å². The van der Waals surface area contributed by atoms with E-state index < -0.39 is 6.36 Å². The van der Waals surface area contributed by atoms with Gasteiger partial charge >= 0.3 is 0 Å². The van der Waals surface area contributed by atoms with Crippen molar-refractivity contribution in [1.29, 1.82) is 0 Å². The summed E-state index contributed by atoms with van der Waals surface area (Å²) < 4.78 is 16.6. The van der Waals surface area contributed by atoms with Gasteiger partial charge in [-0.2, -0.15) is 0 Å². The molecule has 1 fully saturated rings. The van der Waals surface area contributed by atoms with Crippen molar-refractivity contribution in [1.82, 2.24) is 0 Å². The van der Waals surface area contributed by atoms with Crippen molar-refractivity contribution >= 4 is 0 Å². The number of aliphatic hydroxyl groups excluding tert-OH is 1. The molecule has 1 N–H and O–H groups in total. The molecule has 0 heterocycles. The molecule has 1 unspecified atom stereocenters. The quantitative estimate of drug-likeness (QED) is 0.619. The molecule has 1 aliphatic carbocycles. The molecule has 1 atom stereocenters. The molecular formula is C6H11FO2. The zero-order valence-electron chi connectivity index (χ0n) is 5.22. The van der Waals surface area contributed by atoms with E-state index in [0.717, 1.165) is 12.8 Å². The normalized spacial score (nSPS) is 23.3. The average molecular weight is 134 g/mol. The molecule has 1 aliphatic rings. The number of rotatable bonds is 3. The summed E-state index contributed by atoms with van der Waals surface area (Å²) in [6, 6.07) is 0. The zero-order chi connectivity index (χ0) is 6.69. The SMILES string of the molecule is OC(F)COC1CCC1. The Bertz CT molecular complexity index is 81.1. The summed E-state index contributed by atoms with van der Waals surface area (Å²) >= 11 is 0. The standard InChI is InChI=1S/C6H11FO2/c7-6(8)4-9-5-2-1-3-5/h5-6,8H,1-4H2. The molecule has 2 nitrogen and oxygen atoms in total. The molecule has 0 radical (unpaired) electrons. The Hall–Kier alpha value is -0.150. The van der Waals surface area contributed by atoms with Gasteiger partial charge in [-0.05, 0) is 19.3 Å². The molecule has 0 aromatic heterocycles. The first-order chi connectivity index (χ1) is 4.29. The van der Waals surface area contributed by atoms with E-state index in [4.69, 9.17) is 9.84 Å². The molecule has 1 rings (SSSR count). The molecule has 0 aliphatic heterocycles. The fourth-order valence-corrected chi connectivity index (χ4v) is 0.753. The predicted octanol–water partition coefficient (Wildman–Crippen LogP) is 0.843. The Morgan fingerprint density at radius 1 is 1.67 bits per heavy atom. The Kier molecular flexibility index (Phi) is 2.42. The zero-order valence-corrected chi connectivity index (χ0v) is 5.22. The number of ether oxygens (including phenoxy) is 1. The van der Waals surface area contributed by atoms with Crippen LogP contribution >= 0.6 is 0 Å². The Labute approximate surface area is 53.6 Å². The van der Waals surface area contributed by atoms with E-state index in [1.165, 1.54) is 6.42 Å². The molecule has 54 valence electrons. The minimum Gasteiger partial charge on any atom is -0.373 e. The number of halogens is 1. The van der Waals surface area contributed by atoms with Crippen LogP contribution in [0.3, 0.4) is 0 Å². The highest BCUT2D eigenvalue weighted by atomic mass is 19.1. The van der Waals surface area contributed by atoms with Gasteiger partial charge in [0.25, 0.3) is 0 Å². The van der Waals surface area contributed by atoms with E-state index in [2.05, 4.69) is 0 Å². The third-order valence-electron chi connectivity index (χ3n) is 1.52. The van der Waals surface area contributed by atoms with Crippen LogP contribution in [0, 0.1) is 0 Å². The van der Waals surface area contributed by atoms with Crippen LogP contribution in [-0.2, 0) is 4.74 Å². The van der Waals surface area contributed by atoms with Crippen molar-refractivity contribution in [2.45, 2.75) is 31.7 Å². The van der Waals surface area contributed by atoms with Crippen LogP contribution in [0.2, 0.25) is 0 Å². The Morgan fingerprint density at radius 3 is 2.67 bits per heavy atom. The van der Waals surface area contributed by atoms with Crippen LogP contribution in [0.4, 0.5) is 4.39 Å². The predicted molar refractivity (Wildman–Crippen MR) is 30.7 cm³/mol. The molecule has 0 aromatic rings. The van der Waals surface area contributed by atoms with Gasteiger partial charge in [-0.25, -0.2) is 4.39 Å². The smallest absolute Gasteiger partial charge is 0.220 e. The maximum Gasteiger partial charge on any atom is 0.220 e. The highest BCUT2D eigenvalue weighted by Crippen LogP contribution is 2.21. The third kappa shape index (κ3) is 2.28. The van der Waals surface area contributed by atoms with E-state index in [1.54, 1.807) is 0 Å². The first-order valence-electron chi connectivity index (χ1n) is 3.23. The van der Waals surface area contributed by atoms with Crippen LogP contribution in [0.15, 0.2) is 0 Å². The second kappa shape index (κ2) is 3.13. The largest absolute Gasteiger partial charge is 0.373 e. The summed E-state index contributed by atoms with van der Waals surface area (Å²) in [7, 11) is 0. The summed E-state index contributed by atoms with van der Waals surface area (Å²) in [5.41, 5.74) is 0. The lowest BCUT2D eigenvalue weighted by atomic mass is 9.96. The van der Waals surface area contributed by atoms with Gasteiger partial charge in [-0.15, -0.1) is 0 Å². The minimum atomic E-state index is -1.80. The van der Waals surface area contributed by atoms with E-state index in [9.17, 15) is 4.39 Å². The van der Waals surface area contributed by atoms with Gasteiger partial charge < -0.3 is 9.84 Å². The lowest BCUT2D eigenvalue weighted by Crippen LogP contribution is -2.24. The van der Waals surface area contributed by atoms with Gasteiger partial charge in [-0.1, -0.05) is 0 Å². The first-order valence-corrected chi connectivity index (χ1v) is 3.23. The van der Waals surface area contributed by atoms with Crippen molar-refractivity contribution in [2.75, 3.05) is 6.61 Å². The van der Waals surface area contributed by atoms with E-state index in [1.807, 2.05) is 0 Å². The van der Waals surface area contributed by atoms with Crippen LogP contribution in [0.1, 0.15) is 19.3 Å². The summed E-state index contributed by atoms with van der Waals surface area (Å²) in [5.74, 6) is 0. The van der Waals surface area contributed by atoms with Gasteiger partial charge in [0, 0.05) is 0 Å². The molecule has 0 spiro atoms. The van der Waals surface area contributed by atoms with Crippen molar-refractivity contribution in [2.24, 2.45) is 0 Å². The highest BCUT2D eigenvalue weighted by molar-refractivity contribution is 4.68. The Balaban J connectivity index is 1.91. The summed E-state index contributed by atoms with van der Waals surface area (Å²) in [6.45, 7) is -0.162. The summed E-state index contributed by atoms with van der Waals surface area (Å²) in [6.07, 6.45) is 1.63.